The predicted molar refractivity (Wildman–Crippen MR) is 155 cm³/mol. The van der Waals surface area contributed by atoms with E-state index < -0.39 is 23.7 Å². The third-order valence-corrected chi connectivity index (χ3v) is 7.66. The highest BCUT2D eigenvalue weighted by molar-refractivity contribution is 9.10. The molecule has 0 unspecified atom stereocenters. The number of hydrogen-bond acceptors (Lipinski definition) is 9. The Balaban J connectivity index is 1.80. The quantitative estimate of drug-likeness (QED) is 0.140. The summed E-state index contributed by atoms with van der Waals surface area (Å²) >= 11 is 4.41. The first-order chi connectivity index (χ1) is 19.6. The van der Waals surface area contributed by atoms with E-state index in [1.54, 1.807) is 51.1 Å². The van der Waals surface area contributed by atoms with Crippen molar-refractivity contribution in [2.45, 2.75) is 33.8 Å². The molecule has 2 aromatic carbocycles. The molecule has 3 aromatic rings. The number of allylic oxidation sites excluding steroid dienone is 1. The summed E-state index contributed by atoms with van der Waals surface area (Å²) in [5.74, 6) is -2.28. The first-order valence-electron chi connectivity index (χ1n) is 12.5. The molecule has 212 valence electrons. The number of esters is 2. The van der Waals surface area contributed by atoms with E-state index in [0.717, 1.165) is 16.9 Å². The number of benzene rings is 2. The zero-order chi connectivity index (χ0) is 30.1. The summed E-state index contributed by atoms with van der Waals surface area (Å²) in [5, 5.41) is 18.7. The smallest absolute Gasteiger partial charge is 0.348 e. The van der Waals surface area contributed by atoms with Crippen molar-refractivity contribution in [1.29, 1.82) is 5.26 Å². The number of aromatic carboxylic acids is 1. The normalized spacial score (nSPS) is 11.0. The van der Waals surface area contributed by atoms with E-state index >= 15 is 0 Å². The number of ether oxygens (including phenoxy) is 3. The summed E-state index contributed by atoms with van der Waals surface area (Å²) < 4.78 is 16.6. The molecule has 0 amide bonds. The van der Waals surface area contributed by atoms with Crippen LogP contribution in [0.3, 0.4) is 0 Å². The molecule has 1 N–H and O–H groups in total. The monoisotopic (exact) mass is 639 g/mol. The van der Waals surface area contributed by atoms with Gasteiger partial charge >= 0.3 is 17.9 Å². The average molecular weight is 641 g/mol. The van der Waals surface area contributed by atoms with Crippen molar-refractivity contribution in [2.24, 2.45) is 0 Å². The highest BCUT2D eigenvalue weighted by Crippen LogP contribution is 2.32. The van der Waals surface area contributed by atoms with Crippen LogP contribution in [0.2, 0.25) is 0 Å². The molecule has 1 aromatic heterocycles. The minimum atomic E-state index is -1.01. The zero-order valence-electron chi connectivity index (χ0n) is 22.5. The number of Topliss-reactive ketones (excluding diaryl/α,β-unsaturated/α-hetero) is 1. The highest BCUT2D eigenvalue weighted by Gasteiger charge is 2.28. The minimum absolute atomic E-state index is 0.116. The lowest BCUT2D eigenvalue weighted by Crippen LogP contribution is -2.12. The van der Waals surface area contributed by atoms with Gasteiger partial charge in [0.2, 0.25) is 0 Å². The number of nitriles is 1. The minimum Gasteiger partial charge on any atom is -0.488 e. The van der Waals surface area contributed by atoms with Crippen LogP contribution in [0, 0.1) is 18.3 Å². The number of rotatable bonds is 12. The lowest BCUT2D eigenvalue weighted by molar-refractivity contribution is -0.114. The van der Waals surface area contributed by atoms with Gasteiger partial charge in [-0.1, -0.05) is 18.2 Å². The van der Waals surface area contributed by atoms with Crippen LogP contribution in [0.1, 0.15) is 65.8 Å². The number of halogens is 1. The highest BCUT2D eigenvalue weighted by atomic mass is 79.9. The number of carboxylic acid groups (broad SMARTS) is 1. The maximum atomic E-state index is 13.1. The maximum Gasteiger partial charge on any atom is 0.348 e. The van der Waals surface area contributed by atoms with Crippen LogP contribution >= 0.6 is 27.3 Å². The van der Waals surface area contributed by atoms with Crippen LogP contribution in [0.15, 0.2) is 52.5 Å². The van der Waals surface area contributed by atoms with Gasteiger partial charge in [-0.15, -0.1) is 11.3 Å². The van der Waals surface area contributed by atoms with Gasteiger partial charge in [0.15, 0.2) is 5.78 Å². The molecule has 0 fully saturated rings. The summed E-state index contributed by atoms with van der Waals surface area (Å²) in [4.78, 5) is 49.7. The number of nitrogens with zero attached hydrogens (tertiary/aromatic N) is 1. The fourth-order valence-electron chi connectivity index (χ4n) is 3.77. The molecule has 0 aliphatic heterocycles. The second-order valence-corrected chi connectivity index (χ2v) is 10.5. The van der Waals surface area contributed by atoms with Gasteiger partial charge in [0.05, 0.1) is 34.4 Å². The molecule has 0 radical (unpaired) electrons. The van der Waals surface area contributed by atoms with Crippen LogP contribution < -0.4 is 4.74 Å². The molecule has 0 aliphatic rings. The maximum absolute atomic E-state index is 13.1. The van der Waals surface area contributed by atoms with Gasteiger partial charge in [-0.25, -0.2) is 14.4 Å². The van der Waals surface area contributed by atoms with Gasteiger partial charge in [-0.2, -0.15) is 5.26 Å². The van der Waals surface area contributed by atoms with Gasteiger partial charge in [-0.3, -0.25) is 4.79 Å². The Hall–Kier alpha value is -4.27. The van der Waals surface area contributed by atoms with Gasteiger partial charge in [-0.05, 0) is 83.7 Å². The molecule has 0 bridgehead atoms. The molecule has 1 heterocycles. The van der Waals surface area contributed by atoms with Gasteiger partial charge in [0, 0.05) is 11.3 Å². The van der Waals surface area contributed by atoms with E-state index in [1.807, 2.05) is 6.07 Å². The van der Waals surface area contributed by atoms with Crippen LogP contribution in [-0.4, -0.2) is 42.0 Å². The van der Waals surface area contributed by atoms with Crippen molar-refractivity contribution in [3.05, 3.63) is 90.1 Å². The lowest BCUT2D eigenvalue weighted by atomic mass is 10.0. The number of thiophene rings is 1. The molecule has 41 heavy (non-hydrogen) atoms. The molecule has 3 rings (SSSR count). The first kappa shape index (κ1) is 31.3. The number of carboxylic acids is 1. The van der Waals surface area contributed by atoms with Crippen LogP contribution in [0.5, 0.6) is 5.75 Å². The summed E-state index contributed by atoms with van der Waals surface area (Å²) in [5.41, 5.74) is 1.88. The first-order valence-corrected chi connectivity index (χ1v) is 14.1. The SMILES string of the molecule is CCOC(=O)c1sc(CC(=O)/C(C#N)=C/c2ccc(OCc3ccc(C(=O)O)cc3)c(Br)c2)c(C(=O)OCC)c1C. The fraction of sp³-hybridized carbons (Fsp3) is 0.233. The van der Waals surface area contributed by atoms with Crippen molar-refractivity contribution in [3.8, 4) is 11.8 Å². The lowest BCUT2D eigenvalue weighted by Gasteiger charge is -2.09. The zero-order valence-corrected chi connectivity index (χ0v) is 24.9. The average Bonchev–Trinajstić information content (AvgIpc) is 3.27. The molecule has 0 aliphatic carbocycles. The van der Waals surface area contributed by atoms with E-state index in [1.165, 1.54) is 18.2 Å². The van der Waals surface area contributed by atoms with Crippen molar-refractivity contribution < 1.29 is 38.5 Å². The van der Waals surface area contributed by atoms with Gasteiger partial charge < -0.3 is 19.3 Å². The largest absolute Gasteiger partial charge is 0.488 e. The molecular weight excluding hydrogens is 614 g/mol. The second kappa shape index (κ2) is 14.4. The van der Waals surface area contributed by atoms with E-state index in [2.05, 4.69) is 15.9 Å². The van der Waals surface area contributed by atoms with Crippen LogP contribution in [-0.2, 0) is 27.3 Å². The van der Waals surface area contributed by atoms with Crippen LogP contribution in [0.25, 0.3) is 6.08 Å². The Kier molecular flexibility index (Phi) is 11.0. The molecule has 0 atom stereocenters. The van der Waals surface area contributed by atoms with Crippen molar-refractivity contribution in [1.82, 2.24) is 0 Å². The Morgan fingerprint density at radius 3 is 2.27 bits per heavy atom. The van der Waals surface area contributed by atoms with Crippen molar-refractivity contribution >= 4 is 57.0 Å². The van der Waals surface area contributed by atoms with Gasteiger partial charge in [0.1, 0.15) is 23.3 Å². The van der Waals surface area contributed by atoms with E-state index in [-0.39, 0.29) is 47.8 Å². The Morgan fingerprint density at radius 2 is 1.68 bits per heavy atom. The molecule has 11 heteroatoms. The third-order valence-electron chi connectivity index (χ3n) is 5.76. The Labute approximate surface area is 249 Å². The number of carbonyl (C=O) groups excluding carboxylic acids is 3. The molecule has 0 saturated carbocycles. The predicted octanol–water partition coefficient (Wildman–Crippen LogP) is 6.17. The van der Waals surface area contributed by atoms with Crippen molar-refractivity contribution in [2.75, 3.05) is 13.2 Å². The third kappa shape index (κ3) is 7.90. The summed E-state index contributed by atoms with van der Waals surface area (Å²) in [6.07, 6.45) is 1.15. The van der Waals surface area contributed by atoms with Gasteiger partial charge in [0.25, 0.3) is 0 Å². The van der Waals surface area contributed by atoms with Crippen molar-refractivity contribution in [3.63, 3.8) is 0 Å². The summed E-state index contributed by atoms with van der Waals surface area (Å²) in [6.45, 7) is 5.38. The summed E-state index contributed by atoms with van der Waals surface area (Å²) in [7, 11) is 0. The number of carbonyl (C=O) groups is 4. The standard InChI is InChI=1S/C30H26BrNO8S/c1-4-38-29(36)26-17(3)27(30(37)39-5-2)41-25(26)14-23(33)21(15-32)12-19-8-11-24(22(31)13-19)40-16-18-6-9-20(10-7-18)28(34)35/h6-13H,4-5,14,16H2,1-3H3,(H,34,35)/b21-12+. The second-order valence-electron chi connectivity index (χ2n) is 8.55. The van der Waals surface area contributed by atoms with E-state index in [9.17, 15) is 24.4 Å². The topological polar surface area (TPSA) is 140 Å². The fourth-order valence-corrected chi connectivity index (χ4v) is 5.47. The Bertz CT molecular complexity index is 1550. The van der Waals surface area contributed by atoms with Crippen LogP contribution in [0.4, 0.5) is 0 Å². The number of ketones is 1. The summed E-state index contributed by atoms with van der Waals surface area (Å²) in [6, 6.07) is 13.3. The molecule has 0 spiro atoms. The van der Waals surface area contributed by atoms with E-state index in [0.29, 0.717) is 26.2 Å². The molecular formula is C30H26BrNO8S. The Morgan fingerprint density at radius 1 is 1.02 bits per heavy atom. The molecule has 0 saturated heterocycles. The molecule has 9 nitrogen and oxygen atoms in total. The number of hydrogen-bond donors (Lipinski definition) is 1. The van der Waals surface area contributed by atoms with E-state index in [4.69, 9.17) is 19.3 Å².